The second-order valence-corrected chi connectivity index (χ2v) is 9.19. The molecular formula is C29H32N2O3. The normalized spacial score (nSPS) is 14.6. The zero-order valence-corrected chi connectivity index (χ0v) is 19.7. The van der Waals surface area contributed by atoms with Gasteiger partial charge in [-0.3, -0.25) is 14.6 Å². The summed E-state index contributed by atoms with van der Waals surface area (Å²) in [6.07, 6.45) is 8.72. The molecule has 0 radical (unpaired) electrons. The number of carbonyl (C=O) groups is 2. The van der Waals surface area contributed by atoms with Gasteiger partial charge in [0.2, 0.25) is 0 Å². The Hall–Kier alpha value is -3.31. The molecule has 1 aliphatic carbocycles. The quantitative estimate of drug-likeness (QED) is 0.419. The van der Waals surface area contributed by atoms with Crippen molar-refractivity contribution in [2.24, 2.45) is 0 Å². The Labute approximate surface area is 201 Å². The van der Waals surface area contributed by atoms with Gasteiger partial charge >= 0.3 is 0 Å². The van der Waals surface area contributed by atoms with Crippen LogP contribution in [0.4, 0.5) is 0 Å². The van der Waals surface area contributed by atoms with E-state index in [1.807, 2.05) is 55.5 Å². The van der Waals surface area contributed by atoms with E-state index in [0.29, 0.717) is 24.0 Å². The van der Waals surface area contributed by atoms with Gasteiger partial charge in [0.15, 0.2) is 5.78 Å². The number of amides is 1. The van der Waals surface area contributed by atoms with Crippen molar-refractivity contribution in [3.05, 3.63) is 89.2 Å². The number of aryl methyl sites for hydroxylation is 1. The van der Waals surface area contributed by atoms with E-state index in [0.717, 1.165) is 47.9 Å². The molecule has 4 rings (SSSR count). The molecule has 2 N–H and O–H groups in total. The minimum atomic E-state index is -0.202. The topological polar surface area (TPSA) is 79.3 Å². The fourth-order valence-corrected chi connectivity index (χ4v) is 4.72. The Bertz CT molecular complexity index is 1140. The van der Waals surface area contributed by atoms with Gasteiger partial charge in [-0.1, -0.05) is 37.1 Å². The highest BCUT2D eigenvalue weighted by atomic mass is 16.3. The summed E-state index contributed by atoms with van der Waals surface area (Å²) >= 11 is 0. The monoisotopic (exact) mass is 456 g/mol. The van der Waals surface area contributed by atoms with Gasteiger partial charge < -0.3 is 10.4 Å². The van der Waals surface area contributed by atoms with Crippen LogP contribution < -0.4 is 5.32 Å². The summed E-state index contributed by atoms with van der Waals surface area (Å²) in [5.74, 6) is -0.209. The Balaban J connectivity index is 1.43. The zero-order valence-electron chi connectivity index (χ0n) is 19.7. The molecule has 1 fully saturated rings. The number of aromatic nitrogens is 1. The molecule has 1 aliphatic rings. The van der Waals surface area contributed by atoms with Crippen molar-refractivity contribution in [3.63, 3.8) is 0 Å². The predicted molar refractivity (Wildman–Crippen MR) is 134 cm³/mol. The second-order valence-electron chi connectivity index (χ2n) is 9.19. The van der Waals surface area contributed by atoms with E-state index in [-0.39, 0.29) is 30.3 Å². The van der Waals surface area contributed by atoms with Crippen LogP contribution in [-0.4, -0.2) is 34.4 Å². The van der Waals surface area contributed by atoms with Crippen LogP contribution in [-0.2, 0) is 0 Å². The van der Waals surface area contributed by atoms with E-state index in [9.17, 15) is 14.7 Å². The highest BCUT2D eigenvalue weighted by molar-refractivity contribution is 5.98. The van der Waals surface area contributed by atoms with Crippen LogP contribution in [0, 0.1) is 6.92 Å². The first-order valence-electron chi connectivity index (χ1n) is 12.1. The Kier molecular flexibility index (Phi) is 7.86. The lowest BCUT2D eigenvalue weighted by atomic mass is 9.90. The third-order valence-electron chi connectivity index (χ3n) is 6.80. The Morgan fingerprint density at radius 3 is 2.53 bits per heavy atom. The lowest BCUT2D eigenvalue weighted by molar-refractivity contribution is 0.0935. The molecular weight excluding hydrogens is 424 g/mol. The van der Waals surface area contributed by atoms with Crippen LogP contribution in [0.1, 0.15) is 76.3 Å². The van der Waals surface area contributed by atoms with Crippen LogP contribution in [0.25, 0.3) is 11.1 Å². The Morgan fingerprint density at radius 2 is 1.79 bits per heavy atom. The lowest BCUT2D eigenvalue weighted by Crippen LogP contribution is -2.32. The van der Waals surface area contributed by atoms with Crippen molar-refractivity contribution in [1.82, 2.24) is 10.3 Å². The summed E-state index contributed by atoms with van der Waals surface area (Å²) in [6.45, 7) is 1.87. The number of nitrogens with one attached hydrogen (secondary N) is 1. The van der Waals surface area contributed by atoms with Crippen molar-refractivity contribution >= 4 is 11.7 Å². The van der Waals surface area contributed by atoms with Crippen molar-refractivity contribution in [2.75, 3.05) is 6.61 Å². The summed E-state index contributed by atoms with van der Waals surface area (Å²) in [7, 11) is 0. The first kappa shape index (κ1) is 23.8. The molecule has 5 heteroatoms. The molecule has 0 spiro atoms. The third kappa shape index (κ3) is 5.78. The van der Waals surface area contributed by atoms with Crippen molar-refractivity contribution < 1.29 is 14.7 Å². The molecule has 2 aromatic carbocycles. The molecule has 1 amide bonds. The maximum Gasteiger partial charge on any atom is 0.251 e. The largest absolute Gasteiger partial charge is 0.396 e. The first-order chi connectivity index (χ1) is 16.5. The van der Waals surface area contributed by atoms with E-state index in [4.69, 9.17) is 0 Å². The van der Waals surface area contributed by atoms with E-state index in [2.05, 4.69) is 10.3 Å². The van der Waals surface area contributed by atoms with Gasteiger partial charge in [0.05, 0.1) is 0 Å². The number of hydrogen-bond donors (Lipinski definition) is 2. The van der Waals surface area contributed by atoms with Gasteiger partial charge in [-0.05, 0) is 78.8 Å². The highest BCUT2D eigenvalue weighted by Gasteiger charge is 2.20. The van der Waals surface area contributed by atoms with E-state index < -0.39 is 0 Å². The summed E-state index contributed by atoms with van der Waals surface area (Å²) in [5.41, 5.74) is 5.14. The minimum Gasteiger partial charge on any atom is -0.396 e. The number of aliphatic hydroxyl groups excluding tert-OH is 1. The van der Waals surface area contributed by atoms with Crippen LogP contribution in [0.5, 0.6) is 0 Å². The number of benzene rings is 2. The number of pyridine rings is 1. The molecule has 34 heavy (non-hydrogen) atoms. The van der Waals surface area contributed by atoms with Gasteiger partial charge in [0.1, 0.15) is 0 Å². The van der Waals surface area contributed by atoms with Crippen molar-refractivity contribution in [2.45, 2.75) is 57.4 Å². The standard InChI is InChI=1S/C29H32N2O3/c1-20-9-10-23(21-13-15-30-16-14-21)18-27(20)28(33)12-11-25(19-32)22-5-4-6-24(17-22)29(34)31-26-7-2-3-8-26/h4-6,9-10,13-18,25-26,32H,2-3,7-8,11-12,19H2,1H3,(H,31,34)/t25-/m1/s1. The number of ketones is 1. The van der Waals surface area contributed by atoms with E-state index in [1.54, 1.807) is 18.5 Å². The maximum absolute atomic E-state index is 13.1. The lowest BCUT2D eigenvalue weighted by Gasteiger charge is -2.17. The van der Waals surface area contributed by atoms with Gasteiger partial charge in [-0.15, -0.1) is 0 Å². The second kappa shape index (κ2) is 11.2. The van der Waals surface area contributed by atoms with Crippen LogP contribution in [0.2, 0.25) is 0 Å². The van der Waals surface area contributed by atoms with Gasteiger partial charge in [-0.2, -0.15) is 0 Å². The number of hydrogen-bond acceptors (Lipinski definition) is 4. The SMILES string of the molecule is Cc1ccc(-c2ccncc2)cc1C(=O)CC[C@H](CO)c1cccc(C(=O)NC2CCCC2)c1. The average molecular weight is 457 g/mol. The molecule has 1 heterocycles. The van der Waals surface area contributed by atoms with Crippen LogP contribution >= 0.6 is 0 Å². The predicted octanol–water partition coefficient (Wildman–Crippen LogP) is 5.47. The smallest absolute Gasteiger partial charge is 0.251 e. The fourth-order valence-electron chi connectivity index (χ4n) is 4.72. The fraction of sp³-hybridized carbons (Fsp3) is 0.345. The Morgan fingerprint density at radius 1 is 1.03 bits per heavy atom. The number of Topliss-reactive ketones (excluding diaryl/α,β-unsaturated/α-hetero) is 1. The molecule has 3 aromatic rings. The average Bonchev–Trinajstić information content (AvgIpc) is 3.38. The van der Waals surface area contributed by atoms with Crippen LogP contribution in [0.15, 0.2) is 67.0 Å². The van der Waals surface area contributed by atoms with E-state index >= 15 is 0 Å². The number of rotatable bonds is 9. The van der Waals surface area contributed by atoms with Crippen molar-refractivity contribution in [1.29, 1.82) is 0 Å². The maximum atomic E-state index is 13.1. The molecule has 176 valence electrons. The molecule has 1 aromatic heterocycles. The van der Waals surface area contributed by atoms with Gasteiger partial charge in [-0.25, -0.2) is 0 Å². The summed E-state index contributed by atoms with van der Waals surface area (Å²) in [5, 5.41) is 13.2. The molecule has 0 saturated heterocycles. The van der Waals surface area contributed by atoms with Crippen LogP contribution in [0.3, 0.4) is 0 Å². The minimum absolute atomic E-state index is 0.0574. The molecule has 1 saturated carbocycles. The third-order valence-corrected chi connectivity index (χ3v) is 6.80. The molecule has 1 atom stereocenters. The molecule has 0 bridgehead atoms. The zero-order chi connectivity index (χ0) is 23.9. The van der Waals surface area contributed by atoms with Gasteiger partial charge in [0, 0.05) is 48.5 Å². The molecule has 0 aliphatic heterocycles. The summed E-state index contributed by atoms with van der Waals surface area (Å²) in [6, 6.07) is 17.5. The van der Waals surface area contributed by atoms with E-state index in [1.165, 1.54) is 0 Å². The number of carbonyl (C=O) groups excluding carboxylic acids is 2. The summed E-state index contributed by atoms with van der Waals surface area (Å²) < 4.78 is 0. The van der Waals surface area contributed by atoms with Gasteiger partial charge in [0.25, 0.3) is 5.91 Å². The van der Waals surface area contributed by atoms with Crippen molar-refractivity contribution in [3.8, 4) is 11.1 Å². The highest BCUT2D eigenvalue weighted by Crippen LogP contribution is 2.26. The summed E-state index contributed by atoms with van der Waals surface area (Å²) in [4.78, 5) is 29.8. The number of nitrogens with zero attached hydrogens (tertiary/aromatic N) is 1. The first-order valence-corrected chi connectivity index (χ1v) is 12.1. The molecule has 0 unspecified atom stereocenters. The molecule has 5 nitrogen and oxygen atoms in total. The number of aliphatic hydroxyl groups is 1.